The molecule has 0 atom stereocenters. The minimum absolute atomic E-state index is 0.632. The van der Waals surface area contributed by atoms with E-state index in [0.29, 0.717) is 6.54 Å². The number of hydrogen-bond acceptors (Lipinski definition) is 4. The van der Waals surface area contributed by atoms with Crippen molar-refractivity contribution in [2.24, 2.45) is 0 Å². The summed E-state index contributed by atoms with van der Waals surface area (Å²) in [4.78, 5) is 4.23. The third-order valence-electron chi connectivity index (χ3n) is 2.04. The molecule has 0 saturated carbocycles. The molecular formula is C11H13N3O. The monoisotopic (exact) mass is 203 g/mol. The lowest BCUT2D eigenvalue weighted by atomic mass is 10.3. The van der Waals surface area contributed by atoms with Crippen molar-refractivity contribution in [1.82, 2.24) is 10.1 Å². The average molecular weight is 203 g/mol. The fourth-order valence-electron chi connectivity index (χ4n) is 1.25. The Balaban J connectivity index is 1.96. The minimum Gasteiger partial charge on any atom is -0.364 e. The summed E-state index contributed by atoms with van der Waals surface area (Å²) < 4.78 is 4.96. The van der Waals surface area contributed by atoms with Crippen molar-refractivity contribution >= 4 is 5.82 Å². The Morgan fingerprint density at radius 2 is 2.20 bits per heavy atom. The first kappa shape index (κ1) is 9.71. The van der Waals surface area contributed by atoms with Crippen LogP contribution in [0.2, 0.25) is 0 Å². The number of aryl methyl sites for hydroxylation is 2. The highest BCUT2D eigenvalue weighted by Gasteiger charge is 1.99. The predicted molar refractivity (Wildman–Crippen MR) is 57.5 cm³/mol. The lowest BCUT2D eigenvalue weighted by Crippen LogP contribution is -2.01. The Morgan fingerprint density at radius 1 is 1.33 bits per heavy atom. The van der Waals surface area contributed by atoms with Gasteiger partial charge in [-0.3, -0.25) is 0 Å². The van der Waals surface area contributed by atoms with Crippen LogP contribution in [0.1, 0.15) is 17.0 Å². The fraction of sp³-hybridized carbons (Fsp3) is 0.273. The first-order valence-corrected chi connectivity index (χ1v) is 4.83. The number of nitrogens with zero attached hydrogens (tertiary/aromatic N) is 2. The van der Waals surface area contributed by atoms with E-state index in [9.17, 15) is 0 Å². The molecule has 0 aromatic carbocycles. The summed E-state index contributed by atoms with van der Waals surface area (Å²) >= 11 is 0. The van der Waals surface area contributed by atoms with E-state index >= 15 is 0 Å². The summed E-state index contributed by atoms with van der Waals surface area (Å²) in [7, 11) is 0. The molecule has 0 spiro atoms. The highest BCUT2D eigenvalue weighted by molar-refractivity contribution is 5.35. The Bertz CT molecular complexity index is 433. The van der Waals surface area contributed by atoms with Crippen molar-refractivity contribution < 1.29 is 4.52 Å². The van der Waals surface area contributed by atoms with Crippen molar-refractivity contribution in [3.8, 4) is 0 Å². The molecule has 2 aromatic rings. The zero-order valence-electron chi connectivity index (χ0n) is 8.82. The number of pyridine rings is 1. The molecule has 1 N–H and O–H groups in total. The number of nitrogens with one attached hydrogen (secondary N) is 1. The smallest absolute Gasteiger partial charge is 0.133 e. The molecule has 4 heteroatoms. The van der Waals surface area contributed by atoms with Crippen molar-refractivity contribution in [3.63, 3.8) is 0 Å². The number of rotatable bonds is 3. The van der Waals surface area contributed by atoms with E-state index in [1.807, 2.05) is 38.2 Å². The molecule has 0 radical (unpaired) electrons. The maximum atomic E-state index is 4.96. The van der Waals surface area contributed by atoms with Gasteiger partial charge in [-0.25, -0.2) is 4.98 Å². The second kappa shape index (κ2) is 4.13. The molecule has 2 heterocycles. The average Bonchev–Trinajstić information content (AvgIpc) is 2.64. The molecule has 0 unspecified atom stereocenters. The van der Waals surface area contributed by atoms with E-state index < -0.39 is 0 Å². The van der Waals surface area contributed by atoms with E-state index in [-0.39, 0.29) is 0 Å². The maximum absolute atomic E-state index is 4.96. The Hall–Kier alpha value is -1.84. The van der Waals surface area contributed by atoms with E-state index in [1.165, 1.54) is 0 Å². The lowest BCUT2D eigenvalue weighted by molar-refractivity contribution is 0.391. The van der Waals surface area contributed by atoms with Gasteiger partial charge in [0.15, 0.2) is 0 Å². The van der Waals surface area contributed by atoms with Gasteiger partial charge in [-0.05, 0) is 25.5 Å². The van der Waals surface area contributed by atoms with Gasteiger partial charge in [0.1, 0.15) is 17.3 Å². The minimum atomic E-state index is 0.632. The van der Waals surface area contributed by atoms with Crippen molar-refractivity contribution in [2.75, 3.05) is 5.32 Å². The maximum Gasteiger partial charge on any atom is 0.133 e. The molecule has 0 bridgehead atoms. The third-order valence-corrected chi connectivity index (χ3v) is 2.04. The van der Waals surface area contributed by atoms with Crippen LogP contribution in [0.4, 0.5) is 5.82 Å². The Kier molecular flexibility index (Phi) is 2.67. The quantitative estimate of drug-likeness (QED) is 0.831. The topological polar surface area (TPSA) is 51.0 Å². The van der Waals surface area contributed by atoms with Crippen molar-refractivity contribution in [3.05, 3.63) is 41.4 Å². The molecule has 2 aromatic heterocycles. The summed E-state index contributed by atoms with van der Waals surface area (Å²) in [6.45, 7) is 4.52. The van der Waals surface area contributed by atoms with E-state index in [4.69, 9.17) is 4.52 Å². The van der Waals surface area contributed by atoms with Gasteiger partial charge >= 0.3 is 0 Å². The summed E-state index contributed by atoms with van der Waals surface area (Å²) in [5.74, 6) is 1.67. The van der Waals surface area contributed by atoms with Gasteiger partial charge in [0.05, 0.1) is 6.54 Å². The molecule has 2 rings (SSSR count). The Labute approximate surface area is 88.3 Å². The normalized spacial score (nSPS) is 10.3. The number of aromatic nitrogens is 2. The van der Waals surface area contributed by atoms with E-state index in [1.54, 1.807) is 0 Å². The second-order valence-corrected chi connectivity index (χ2v) is 3.50. The van der Waals surface area contributed by atoms with Crippen LogP contribution in [0, 0.1) is 13.8 Å². The van der Waals surface area contributed by atoms with Crippen LogP contribution in [0.3, 0.4) is 0 Å². The molecule has 15 heavy (non-hydrogen) atoms. The van der Waals surface area contributed by atoms with Gasteiger partial charge in [-0.1, -0.05) is 11.2 Å². The van der Waals surface area contributed by atoms with Gasteiger partial charge in [0.2, 0.25) is 0 Å². The molecular weight excluding hydrogens is 190 g/mol. The zero-order valence-corrected chi connectivity index (χ0v) is 8.82. The first-order valence-electron chi connectivity index (χ1n) is 4.83. The number of hydrogen-bond donors (Lipinski definition) is 1. The summed E-state index contributed by atoms with van der Waals surface area (Å²) in [6.07, 6.45) is 1.83. The number of anilines is 1. The third kappa shape index (κ3) is 2.56. The fourth-order valence-corrected chi connectivity index (χ4v) is 1.25. The van der Waals surface area contributed by atoms with Gasteiger partial charge < -0.3 is 9.84 Å². The van der Waals surface area contributed by atoms with Crippen molar-refractivity contribution in [2.45, 2.75) is 20.4 Å². The van der Waals surface area contributed by atoms with Crippen LogP contribution >= 0.6 is 0 Å². The van der Waals surface area contributed by atoms with E-state index in [0.717, 1.165) is 22.8 Å². The summed E-state index contributed by atoms with van der Waals surface area (Å²) in [6, 6.07) is 5.87. The predicted octanol–water partition coefficient (Wildman–Crippen LogP) is 2.30. The Morgan fingerprint density at radius 3 is 2.80 bits per heavy atom. The highest BCUT2D eigenvalue weighted by atomic mass is 16.5. The molecule has 0 aliphatic carbocycles. The summed E-state index contributed by atoms with van der Waals surface area (Å²) in [5.41, 5.74) is 2.03. The SMILES string of the molecule is Cc1ccc(NCc2cc(C)on2)nc1. The van der Waals surface area contributed by atoms with Crippen LogP contribution in [-0.4, -0.2) is 10.1 Å². The summed E-state index contributed by atoms with van der Waals surface area (Å²) in [5, 5.41) is 7.05. The molecule has 78 valence electrons. The molecule has 0 aliphatic heterocycles. The van der Waals surface area contributed by atoms with Crippen LogP contribution < -0.4 is 5.32 Å². The van der Waals surface area contributed by atoms with Crippen LogP contribution in [0.25, 0.3) is 0 Å². The standard InChI is InChI=1S/C11H13N3O/c1-8-3-4-11(12-6-8)13-7-10-5-9(2)15-14-10/h3-6H,7H2,1-2H3,(H,12,13). The lowest BCUT2D eigenvalue weighted by Gasteiger charge is -2.02. The first-order chi connectivity index (χ1) is 7.24. The van der Waals surface area contributed by atoms with Crippen LogP contribution in [0.15, 0.2) is 28.9 Å². The van der Waals surface area contributed by atoms with Gasteiger partial charge in [-0.2, -0.15) is 0 Å². The molecule has 0 aliphatic rings. The molecule has 4 nitrogen and oxygen atoms in total. The largest absolute Gasteiger partial charge is 0.364 e. The second-order valence-electron chi connectivity index (χ2n) is 3.50. The molecule has 0 fully saturated rings. The highest BCUT2D eigenvalue weighted by Crippen LogP contribution is 2.07. The van der Waals surface area contributed by atoms with Crippen LogP contribution in [0.5, 0.6) is 0 Å². The van der Waals surface area contributed by atoms with Gasteiger partial charge in [0, 0.05) is 12.3 Å². The van der Waals surface area contributed by atoms with E-state index in [2.05, 4.69) is 15.5 Å². The molecule has 0 amide bonds. The van der Waals surface area contributed by atoms with Gasteiger partial charge in [0.25, 0.3) is 0 Å². The van der Waals surface area contributed by atoms with Crippen LogP contribution in [-0.2, 0) is 6.54 Å². The zero-order chi connectivity index (χ0) is 10.7. The van der Waals surface area contributed by atoms with Crippen molar-refractivity contribution in [1.29, 1.82) is 0 Å². The molecule has 0 saturated heterocycles. The van der Waals surface area contributed by atoms with Gasteiger partial charge in [-0.15, -0.1) is 0 Å².